The average molecular weight is 396 g/mol. The lowest BCUT2D eigenvalue weighted by molar-refractivity contribution is -0.127. The van der Waals surface area contributed by atoms with Crippen LogP contribution >= 0.6 is 0 Å². The number of fused-ring (bicyclic) bond motifs is 1. The van der Waals surface area contributed by atoms with Crippen LogP contribution in [0.25, 0.3) is 6.08 Å². The molecule has 0 radical (unpaired) electrons. The van der Waals surface area contributed by atoms with Crippen molar-refractivity contribution in [2.45, 2.75) is 25.9 Å². The summed E-state index contributed by atoms with van der Waals surface area (Å²) in [6, 6.07) is 8.97. The third-order valence-corrected chi connectivity index (χ3v) is 5.35. The fraction of sp³-hybridized carbons (Fsp3) is 0.364. The minimum Gasteiger partial charge on any atom is -0.490 e. The predicted molar refractivity (Wildman–Crippen MR) is 108 cm³/mol. The Morgan fingerprint density at radius 3 is 2.66 bits per heavy atom. The molecule has 2 aromatic rings. The SMILES string of the molecule is Cc1cc(OC2CCN(C(=O)/C=C/c3ccc4c(c3)OCO4)CC2)cc(=O)n1C. The summed E-state index contributed by atoms with van der Waals surface area (Å²) in [5.74, 6) is 1.99. The summed E-state index contributed by atoms with van der Waals surface area (Å²) in [6.45, 7) is 3.36. The van der Waals surface area contributed by atoms with Crippen LogP contribution in [0.3, 0.4) is 0 Å². The second kappa shape index (κ2) is 8.03. The highest BCUT2D eigenvalue weighted by Gasteiger charge is 2.23. The van der Waals surface area contributed by atoms with Gasteiger partial charge < -0.3 is 23.7 Å². The van der Waals surface area contributed by atoms with Crippen molar-refractivity contribution in [1.82, 2.24) is 9.47 Å². The highest BCUT2D eigenvalue weighted by atomic mass is 16.7. The van der Waals surface area contributed by atoms with E-state index in [1.165, 1.54) is 6.07 Å². The van der Waals surface area contributed by atoms with E-state index in [-0.39, 0.29) is 24.4 Å². The molecule has 0 aliphatic carbocycles. The van der Waals surface area contributed by atoms with Crippen LogP contribution in [0, 0.1) is 6.92 Å². The fourth-order valence-electron chi connectivity index (χ4n) is 3.48. The molecule has 2 aliphatic heterocycles. The number of nitrogens with zero attached hydrogens (tertiary/aromatic N) is 2. The molecule has 0 spiro atoms. The molecule has 7 heteroatoms. The maximum absolute atomic E-state index is 12.5. The van der Waals surface area contributed by atoms with Crippen molar-refractivity contribution in [3.05, 3.63) is 58.0 Å². The molecule has 1 saturated heterocycles. The lowest BCUT2D eigenvalue weighted by Gasteiger charge is -2.31. The Labute approximate surface area is 169 Å². The summed E-state index contributed by atoms with van der Waals surface area (Å²) in [5, 5.41) is 0. The van der Waals surface area contributed by atoms with Gasteiger partial charge in [0.05, 0.1) is 0 Å². The average Bonchev–Trinajstić information content (AvgIpc) is 3.18. The maximum Gasteiger partial charge on any atom is 0.254 e. The molecular formula is C22H24N2O5. The van der Waals surface area contributed by atoms with Crippen LogP contribution in [0.4, 0.5) is 0 Å². The van der Waals surface area contributed by atoms with Gasteiger partial charge in [0.15, 0.2) is 11.5 Å². The molecule has 0 atom stereocenters. The number of ether oxygens (including phenoxy) is 3. The molecule has 1 amide bonds. The molecule has 1 fully saturated rings. The van der Waals surface area contributed by atoms with E-state index < -0.39 is 0 Å². The first kappa shape index (κ1) is 19.1. The van der Waals surface area contributed by atoms with Crippen LogP contribution in [-0.2, 0) is 11.8 Å². The van der Waals surface area contributed by atoms with Crippen LogP contribution in [0.5, 0.6) is 17.2 Å². The Morgan fingerprint density at radius 2 is 1.90 bits per heavy atom. The molecule has 1 aromatic carbocycles. The Balaban J connectivity index is 1.31. The number of carbonyl (C=O) groups excluding carboxylic acids is 1. The first-order valence-electron chi connectivity index (χ1n) is 9.70. The molecule has 1 aromatic heterocycles. The zero-order chi connectivity index (χ0) is 20.4. The zero-order valence-electron chi connectivity index (χ0n) is 16.6. The highest BCUT2D eigenvalue weighted by Crippen LogP contribution is 2.32. The molecule has 2 aliphatic rings. The minimum atomic E-state index is -0.0822. The molecule has 0 saturated carbocycles. The van der Waals surface area contributed by atoms with Crippen molar-refractivity contribution in [3.63, 3.8) is 0 Å². The van der Waals surface area contributed by atoms with Crippen molar-refractivity contribution in [3.8, 4) is 17.2 Å². The van der Waals surface area contributed by atoms with Crippen molar-refractivity contribution < 1.29 is 19.0 Å². The van der Waals surface area contributed by atoms with Crippen molar-refractivity contribution >= 4 is 12.0 Å². The second-order valence-electron chi connectivity index (χ2n) is 7.32. The summed E-state index contributed by atoms with van der Waals surface area (Å²) < 4.78 is 18.2. The van der Waals surface area contributed by atoms with Crippen molar-refractivity contribution in [1.29, 1.82) is 0 Å². The molecule has 29 heavy (non-hydrogen) atoms. The van der Waals surface area contributed by atoms with Gasteiger partial charge in [-0.25, -0.2) is 0 Å². The van der Waals surface area contributed by atoms with Gasteiger partial charge >= 0.3 is 0 Å². The number of amides is 1. The van der Waals surface area contributed by atoms with Crippen molar-refractivity contribution in [2.24, 2.45) is 7.05 Å². The normalized spacial score (nSPS) is 16.4. The van der Waals surface area contributed by atoms with Gasteiger partial charge in [-0.1, -0.05) is 6.07 Å². The van der Waals surface area contributed by atoms with E-state index in [0.717, 1.165) is 29.8 Å². The molecule has 7 nitrogen and oxygen atoms in total. The van der Waals surface area contributed by atoms with E-state index in [4.69, 9.17) is 14.2 Å². The second-order valence-corrected chi connectivity index (χ2v) is 7.32. The molecule has 0 unspecified atom stereocenters. The van der Waals surface area contributed by atoms with Gasteiger partial charge in [-0.15, -0.1) is 0 Å². The van der Waals surface area contributed by atoms with Gasteiger partial charge in [0, 0.05) is 50.8 Å². The van der Waals surface area contributed by atoms with E-state index in [1.54, 1.807) is 23.8 Å². The Morgan fingerprint density at radius 1 is 1.14 bits per heavy atom. The summed E-state index contributed by atoms with van der Waals surface area (Å²) in [4.78, 5) is 26.2. The monoisotopic (exact) mass is 396 g/mol. The number of benzene rings is 1. The molecular weight excluding hydrogens is 372 g/mol. The first-order chi connectivity index (χ1) is 14.0. The van der Waals surface area contributed by atoms with E-state index in [1.807, 2.05) is 36.1 Å². The summed E-state index contributed by atoms with van der Waals surface area (Å²) in [7, 11) is 1.74. The van der Waals surface area contributed by atoms with Gasteiger partial charge in [-0.05, 0) is 36.8 Å². The molecule has 0 bridgehead atoms. The van der Waals surface area contributed by atoms with Crippen LogP contribution in [0.15, 0.2) is 41.2 Å². The third kappa shape index (κ3) is 4.29. The summed E-state index contributed by atoms with van der Waals surface area (Å²) >= 11 is 0. The van der Waals surface area contributed by atoms with E-state index >= 15 is 0 Å². The zero-order valence-corrected chi connectivity index (χ0v) is 16.6. The fourth-order valence-corrected chi connectivity index (χ4v) is 3.48. The number of carbonyl (C=O) groups is 1. The number of hydrogen-bond acceptors (Lipinski definition) is 5. The summed E-state index contributed by atoms with van der Waals surface area (Å²) in [5.41, 5.74) is 1.66. The topological polar surface area (TPSA) is 70.0 Å². The number of likely N-dealkylation sites (tertiary alicyclic amines) is 1. The van der Waals surface area contributed by atoms with Gasteiger partial charge in [0.1, 0.15) is 11.9 Å². The van der Waals surface area contributed by atoms with Gasteiger partial charge in [-0.3, -0.25) is 9.59 Å². The number of piperidine rings is 1. The highest BCUT2D eigenvalue weighted by molar-refractivity contribution is 5.92. The third-order valence-electron chi connectivity index (χ3n) is 5.35. The Hall–Kier alpha value is -3.22. The van der Waals surface area contributed by atoms with E-state index in [2.05, 4.69) is 0 Å². The standard InChI is InChI=1S/C22H24N2O5/c1-15-11-18(13-22(26)23(15)2)29-17-7-9-24(10-8-17)21(25)6-4-16-3-5-19-20(12-16)28-14-27-19/h3-6,11-13,17H,7-10,14H2,1-2H3/b6-4+. The number of aromatic nitrogens is 1. The van der Waals surface area contributed by atoms with Crippen LogP contribution < -0.4 is 19.8 Å². The smallest absolute Gasteiger partial charge is 0.254 e. The number of rotatable bonds is 4. The molecule has 3 heterocycles. The molecule has 0 N–H and O–H groups in total. The van der Waals surface area contributed by atoms with Crippen LogP contribution in [0.2, 0.25) is 0 Å². The number of pyridine rings is 1. The molecule has 4 rings (SSSR count). The maximum atomic E-state index is 12.5. The summed E-state index contributed by atoms with van der Waals surface area (Å²) in [6.07, 6.45) is 4.84. The van der Waals surface area contributed by atoms with Gasteiger partial charge in [0.25, 0.3) is 5.56 Å². The Bertz CT molecular complexity index is 1000. The predicted octanol–water partition coefficient (Wildman–Crippen LogP) is 2.51. The van der Waals surface area contributed by atoms with Crippen LogP contribution in [-0.4, -0.2) is 41.4 Å². The number of hydrogen-bond donors (Lipinski definition) is 0. The first-order valence-corrected chi connectivity index (χ1v) is 9.70. The van der Waals surface area contributed by atoms with E-state index in [0.29, 0.717) is 24.6 Å². The van der Waals surface area contributed by atoms with Gasteiger partial charge in [-0.2, -0.15) is 0 Å². The minimum absolute atomic E-state index is 0.00314. The largest absolute Gasteiger partial charge is 0.490 e. The van der Waals surface area contributed by atoms with Gasteiger partial charge in [0.2, 0.25) is 12.7 Å². The lowest BCUT2D eigenvalue weighted by atomic mass is 10.1. The van der Waals surface area contributed by atoms with Crippen molar-refractivity contribution in [2.75, 3.05) is 19.9 Å². The Kier molecular flexibility index (Phi) is 5.29. The van der Waals surface area contributed by atoms with E-state index in [9.17, 15) is 9.59 Å². The number of aryl methyl sites for hydroxylation is 1. The van der Waals surface area contributed by atoms with Crippen LogP contribution in [0.1, 0.15) is 24.1 Å². The quantitative estimate of drug-likeness (QED) is 0.743. The lowest BCUT2D eigenvalue weighted by Crippen LogP contribution is -2.41. The molecule has 152 valence electrons.